The van der Waals surface area contributed by atoms with Crippen LogP contribution < -0.4 is 0 Å². The maximum Gasteiger partial charge on any atom is 0.163 e. The number of Topliss-reactive ketones (excluding diaryl/α,β-unsaturated/α-hetero) is 2. The van der Waals surface area contributed by atoms with Crippen molar-refractivity contribution in [3.05, 3.63) is 35.4 Å². The summed E-state index contributed by atoms with van der Waals surface area (Å²) in [5.41, 5.74) is 1.12. The normalized spacial score (nSPS) is 10.1. The van der Waals surface area contributed by atoms with Gasteiger partial charge in [0.1, 0.15) is 0 Å². The Morgan fingerprint density at radius 1 is 1.06 bits per heavy atom. The lowest BCUT2D eigenvalue weighted by molar-refractivity contribution is 0.0959. The van der Waals surface area contributed by atoms with Crippen molar-refractivity contribution in [3.8, 4) is 0 Å². The van der Waals surface area contributed by atoms with Crippen molar-refractivity contribution in [2.75, 3.05) is 0 Å². The van der Waals surface area contributed by atoms with Gasteiger partial charge >= 0.3 is 0 Å². The van der Waals surface area contributed by atoms with Crippen molar-refractivity contribution in [1.82, 2.24) is 0 Å². The highest BCUT2D eigenvalue weighted by molar-refractivity contribution is 6.07. The summed E-state index contributed by atoms with van der Waals surface area (Å²) in [5.74, 6) is 0.0405. The molecule has 1 aromatic rings. The summed E-state index contributed by atoms with van der Waals surface area (Å²) < 4.78 is 0. The average molecular weight is 218 g/mol. The number of carbonyl (C=O) groups excluding carboxylic acids is 2. The zero-order chi connectivity index (χ0) is 12.0. The van der Waals surface area contributed by atoms with Crippen molar-refractivity contribution in [3.63, 3.8) is 0 Å². The highest BCUT2D eigenvalue weighted by Gasteiger charge is 2.12. The van der Waals surface area contributed by atoms with E-state index >= 15 is 0 Å². The van der Waals surface area contributed by atoms with Gasteiger partial charge in [0.15, 0.2) is 11.6 Å². The minimum Gasteiger partial charge on any atom is -0.294 e. The molecular weight excluding hydrogens is 200 g/mol. The number of carbonyl (C=O) groups is 2. The maximum atomic E-state index is 11.9. The minimum atomic E-state index is -0.0422. The molecule has 0 aliphatic carbocycles. The summed E-state index contributed by atoms with van der Waals surface area (Å²) in [6.07, 6.45) is 3.61. The molecule has 0 atom stereocenters. The van der Waals surface area contributed by atoms with Crippen LogP contribution in [0.4, 0.5) is 0 Å². The van der Waals surface area contributed by atoms with E-state index in [1.54, 1.807) is 24.3 Å². The summed E-state index contributed by atoms with van der Waals surface area (Å²) in [6.45, 7) is 3.60. The zero-order valence-corrected chi connectivity index (χ0v) is 9.95. The molecule has 0 aromatic heterocycles. The lowest BCUT2D eigenvalue weighted by atomic mass is 9.98. The molecule has 0 aliphatic heterocycles. The third kappa shape index (κ3) is 3.30. The second-order valence-corrected chi connectivity index (χ2v) is 3.98. The summed E-state index contributed by atoms with van der Waals surface area (Å²) in [4.78, 5) is 23.2. The van der Waals surface area contributed by atoms with E-state index in [1.807, 2.05) is 0 Å². The van der Waals surface area contributed by atoms with Crippen molar-refractivity contribution >= 4 is 11.6 Å². The quantitative estimate of drug-likeness (QED) is 0.539. The number of rotatable bonds is 6. The number of unbranched alkanes of at least 4 members (excludes halogenated alkanes) is 2. The van der Waals surface area contributed by atoms with E-state index in [2.05, 4.69) is 6.92 Å². The Bertz CT molecular complexity index is 380. The fourth-order valence-corrected chi connectivity index (χ4v) is 1.70. The van der Waals surface area contributed by atoms with Gasteiger partial charge in [0.05, 0.1) is 0 Å². The summed E-state index contributed by atoms with van der Waals surface area (Å²) in [7, 11) is 0. The Balaban J connectivity index is 2.78. The molecule has 1 aromatic carbocycles. The Labute approximate surface area is 96.7 Å². The van der Waals surface area contributed by atoms with Gasteiger partial charge in [-0.25, -0.2) is 0 Å². The molecule has 0 amide bonds. The standard InChI is InChI=1S/C14H18O2/c1-3-4-5-10-14(16)13-9-7-6-8-12(13)11(2)15/h6-9H,3-5,10H2,1-2H3. The van der Waals surface area contributed by atoms with Crippen molar-refractivity contribution in [1.29, 1.82) is 0 Å². The molecule has 0 N–H and O–H groups in total. The highest BCUT2D eigenvalue weighted by atomic mass is 16.1. The first kappa shape index (κ1) is 12.6. The Morgan fingerprint density at radius 3 is 2.25 bits per heavy atom. The van der Waals surface area contributed by atoms with Crippen LogP contribution in [0.25, 0.3) is 0 Å². The first-order chi connectivity index (χ1) is 7.66. The number of hydrogen-bond acceptors (Lipinski definition) is 2. The van der Waals surface area contributed by atoms with Crippen molar-refractivity contribution in [2.45, 2.75) is 39.5 Å². The molecular formula is C14H18O2. The topological polar surface area (TPSA) is 34.1 Å². The smallest absolute Gasteiger partial charge is 0.163 e. The van der Waals surface area contributed by atoms with Gasteiger partial charge < -0.3 is 0 Å². The van der Waals surface area contributed by atoms with Gasteiger partial charge in [-0.2, -0.15) is 0 Å². The zero-order valence-electron chi connectivity index (χ0n) is 9.95. The van der Waals surface area contributed by atoms with Crippen LogP contribution >= 0.6 is 0 Å². The predicted molar refractivity (Wildman–Crippen MR) is 64.9 cm³/mol. The van der Waals surface area contributed by atoms with Gasteiger partial charge in [-0.1, -0.05) is 44.0 Å². The lowest BCUT2D eigenvalue weighted by Crippen LogP contribution is -2.06. The third-order valence-corrected chi connectivity index (χ3v) is 2.61. The first-order valence-electron chi connectivity index (χ1n) is 5.80. The molecule has 2 nitrogen and oxygen atoms in total. The molecule has 0 unspecified atom stereocenters. The van der Waals surface area contributed by atoms with E-state index in [4.69, 9.17) is 0 Å². The van der Waals surface area contributed by atoms with Gasteiger partial charge in [-0.15, -0.1) is 0 Å². The number of ketones is 2. The van der Waals surface area contributed by atoms with E-state index in [-0.39, 0.29) is 11.6 Å². The average Bonchev–Trinajstić information content (AvgIpc) is 2.29. The Kier molecular flexibility index (Phi) is 4.90. The summed E-state index contributed by atoms with van der Waals surface area (Å²) >= 11 is 0. The van der Waals surface area contributed by atoms with E-state index in [0.29, 0.717) is 17.5 Å². The van der Waals surface area contributed by atoms with Gasteiger partial charge in [-0.3, -0.25) is 9.59 Å². The molecule has 0 saturated carbocycles. The molecule has 16 heavy (non-hydrogen) atoms. The van der Waals surface area contributed by atoms with Crippen LogP contribution in [0.5, 0.6) is 0 Å². The largest absolute Gasteiger partial charge is 0.294 e. The molecule has 0 radical (unpaired) electrons. The molecule has 0 bridgehead atoms. The SMILES string of the molecule is CCCCCC(=O)c1ccccc1C(C)=O. The van der Waals surface area contributed by atoms with E-state index in [9.17, 15) is 9.59 Å². The van der Waals surface area contributed by atoms with Crippen molar-refractivity contribution < 1.29 is 9.59 Å². The monoisotopic (exact) mass is 218 g/mol. The lowest BCUT2D eigenvalue weighted by Gasteiger charge is -2.05. The maximum absolute atomic E-state index is 11.9. The summed E-state index contributed by atoms with van der Waals surface area (Å²) in [6, 6.07) is 7.06. The second kappa shape index (κ2) is 6.21. The molecule has 0 heterocycles. The van der Waals surface area contributed by atoms with Crippen LogP contribution in [0.2, 0.25) is 0 Å². The van der Waals surface area contributed by atoms with Gasteiger partial charge in [0.2, 0.25) is 0 Å². The van der Waals surface area contributed by atoms with Crippen LogP contribution in [-0.2, 0) is 0 Å². The van der Waals surface area contributed by atoms with Crippen LogP contribution in [-0.4, -0.2) is 11.6 Å². The molecule has 1 rings (SSSR count). The second-order valence-electron chi connectivity index (χ2n) is 3.98. The van der Waals surface area contributed by atoms with Gasteiger partial charge in [0.25, 0.3) is 0 Å². The molecule has 0 spiro atoms. The fraction of sp³-hybridized carbons (Fsp3) is 0.429. The number of benzene rings is 1. The van der Waals surface area contributed by atoms with E-state index < -0.39 is 0 Å². The molecule has 86 valence electrons. The minimum absolute atomic E-state index is 0.0422. The van der Waals surface area contributed by atoms with Gasteiger partial charge in [0, 0.05) is 17.5 Å². The first-order valence-corrected chi connectivity index (χ1v) is 5.80. The van der Waals surface area contributed by atoms with Gasteiger partial charge in [-0.05, 0) is 13.3 Å². The van der Waals surface area contributed by atoms with Crippen LogP contribution in [0, 0.1) is 0 Å². The van der Waals surface area contributed by atoms with Crippen LogP contribution in [0.3, 0.4) is 0 Å². The van der Waals surface area contributed by atoms with E-state index in [1.165, 1.54) is 6.92 Å². The van der Waals surface area contributed by atoms with E-state index in [0.717, 1.165) is 19.3 Å². The molecule has 0 aliphatic rings. The fourth-order valence-electron chi connectivity index (χ4n) is 1.70. The highest BCUT2D eigenvalue weighted by Crippen LogP contribution is 2.14. The summed E-state index contributed by atoms with van der Waals surface area (Å²) in [5, 5.41) is 0. The predicted octanol–water partition coefficient (Wildman–Crippen LogP) is 3.65. The van der Waals surface area contributed by atoms with Crippen LogP contribution in [0.1, 0.15) is 60.2 Å². The molecule has 0 fully saturated rings. The Morgan fingerprint density at radius 2 is 1.69 bits per heavy atom. The number of hydrogen-bond donors (Lipinski definition) is 0. The Hall–Kier alpha value is -1.44. The molecule has 2 heteroatoms. The van der Waals surface area contributed by atoms with Crippen molar-refractivity contribution in [2.24, 2.45) is 0 Å². The molecule has 0 saturated heterocycles. The third-order valence-electron chi connectivity index (χ3n) is 2.61. The van der Waals surface area contributed by atoms with Crippen LogP contribution in [0.15, 0.2) is 24.3 Å².